The summed E-state index contributed by atoms with van der Waals surface area (Å²) in [5.41, 5.74) is -1.21. The summed E-state index contributed by atoms with van der Waals surface area (Å²) in [6.45, 7) is 0. The number of hydrogen-bond donors (Lipinski definition) is 0. The Morgan fingerprint density at radius 2 is 1.07 bits per heavy atom. The molecule has 2 rings (SSSR count). The van der Waals surface area contributed by atoms with E-state index in [9.17, 15) is 25.0 Å². The van der Waals surface area contributed by atoms with Crippen molar-refractivity contribution >= 4 is 17.2 Å². The molecule has 0 atom stereocenters. The topological polar surface area (TPSA) is 140 Å². The molecular weight excluding hydrogens is 376 g/mol. The predicted octanol–water partition coefficient (Wildman–Crippen LogP) is 2.77. The van der Waals surface area contributed by atoms with E-state index in [-0.39, 0.29) is 34.1 Å². The molecule has 0 bridgehead atoms. The first-order valence-electron chi connectivity index (χ1n) is 7.64. The summed E-state index contributed by atoms with van der Waals surface area (Å²) in [4.78, 5) is 34.1. The van der Waals surface area contributed by atoms with Crippen molar-refractivity contribution in [3.63, 3.8) is 0 Å². The van der Waals surface area contributed by atoms with E-state index in [2.05, 4.69) is 0 Å². The fourth-order valence-corrected chi connectivity index (χ4v) is 2.59. The summed E-state index contributed by atoms with van der Waals surface area (Å²) in [6, 6.07) is 4.51. The number of methoxy groups -OCH3 is 4. The molecule has 28 heavy (non-hydrogen) atoms. The van der Waals surface area contributed by atoms with E-state index in [1.165, 1.54) is 40.6 Å². The number of nitrogens with zero attached hydrogens (tertiary/aromatic N) is 2. The van der Waals surface area contributed by atoms with Crippen molar-refractivity contribution < 1.29 is 33.6 Å². The van der Waals surface area contributed by atoms with Gasteiger partial charge in [0.2, 0.25) is 11.5 Å². The summed E-state index contributed by atoms with van der Waals surface area (Å²) < 4.78 is 20.1. The Labute approximate surface area is 158 Å². The number of rotatable bonds is 8. The molecule has 0 aliphatic rings. The lowest BCUT2D eigenvalue weighted by Crippen LogP contribution is -2.07. The Morgan fingerprint density at radius 3 is 1.32 bits per heavy atom. The molecular formula is C17H16N2O9. The van der Waals surface area contributed by atoms with Crippen LogP contribution in [-0.2, 0) is 0 Å². The van der Waals surface area contributed by atoms with Crippen LogP contribution in [0.2, 0.25) is 0 Å². The van der Waals surface area contributed by atoms with Gasteiger partial charge in [0.1, 0.15) is 0 Å². The van der Waals surface area contributed by atoms with Crippen LogP contribution in [0.5, 0.6) is 23.0 Å². The quantitative estimate of drug-likeness (QED) is 0.376. The van der Waals surface area contributed by atoms with Gasteiger partial charge < -0.3 is 18.9 Å². The predicted molar refractivity (Wildman–Crippen MR) is 95.8 cm³/mol. The van der Waals surface area contributed by atoms with E-state index < -0.39 is 27.0 Å². The Morgan fingerprint density at radius 1 is 0.714 bits per heavy atom. The summed E-state index contributed by atoms with van der Waals surface area (Å²) in [5, 5.41) is 22.6. The normalized spacial score (nSPS) is 10.1. The standard InChI is InChI=1S/C17H16N2O9/c1-25-13-7-9(5-11(18(21)22)16(13)27-3)15(20)10-6-12(19(23)24)17(28-4)14(8-10)26-2/h5-8H,1-4H3. The first-order chi connectivity index (χ1) is 13.3. The first-order valence-corrected chi connectivity index (χ1v) is 7.64. The highest BCUT2D eigenvalue weighted by Crippen LogP contribution is 2.41. The number of carbonyl (C=O) groups excluding carboxylic acids is 1. The Bertz CT molecular complexity index is 881. The zero-order valence-electron chi connectivity index (χ0n) is 15.4. The van der Waals surface area contributed by atoms with E-state index in [4.69, 9.17) is 18.9 Å². The summed E-state index contributed by atoms with van der Waals surface area (Å²) in [5.74, 6) is -1.08. The van der Waals surface area contributed by atoms with Crippen LogP contribution in [0.1, 0.15) is 15.9 Å². The fraction of sp³-hybridized carbons (Fsp3) is 0.235. The van der Waals surface area contributed by atoms with E-state index in [0.29, 0.717) is 0 Å². The second-order valence-corrected chi connectivity index (χ2v) is 5.31. The van der Waals surface area contributed by atoms with Gasteiger partial charge in [0.05, 0.1) is 38.3 Å². The number of ether oxygens (including phenoxy) is 4. The van der Waals surface area contributed by atoms with Gasteiger partial charge in [-0.2, -0.15) is 0 Å². The average Bonchev–Trinajstić information content (AvgIpc) is 2.70. The van der Waals surface area contributed by atoms with Crippen LogP contribution in [0, 0.1) is 20.2 Å². The van der Waals surface area contributed by atoms with Crippen LogP contribution in [0.3, 0.4) is 0 Å². The fourth-order valence-electron chi connectivity index (χ4n) is 2.59. The van der Waals surface area contributed by atoms with Crippen molar-refractivity contribution in [2.45, 2.75) is 0 Å². The van der Waals surface area contributed by atoms with Crippen molar-refractivity contribution in [2.75, 3.05) is 28.4 Å². The minimum Gasteiger partial charge on any atom is -0.493 e. The summed E-state index contributed by atoms with van der Waals surface area (Å²) >= 11 is 0. The van der Waals surface area contributed by atoms with Crippen LogP contribution < -0.4 is 18.9 Å². The molecule has 0 N–H and O–H groups in total. The number of ketones is 1. The molecule has 0 amide bonds. The third-order valence-electron chi connectivity index (χ3n) is 3.84. The minimum atomic E-state index is -0.727. The molecule has 0 aromatic heterocycles. The molecule has 0 saturated heterocycles. The van der Waals surface area contributed by atoms with Gasteiger partial charge in [0.25, 0.3) is 0 Å². The number of carbonyl (C=O) groups is 1. The molecule has 0 fully saturated rings. The molecule has 0 radical (unpaired) electrons. The van der Waals surface area contributed by atoms with Crippen LogP contribution in [0.15, 0.2) is 24.3 Å². The second kappa shape index (κ2) is 8.20. The molecule has 0 aliphatic heterocycles. The third-order valence-corrected chi connectivity index (χ3v) is 3.84. The number of hydrogen-bond acceptors (Lipinski definition) is 9. The molecule has 2 aromatic rings. The van der Waals surface area contributed by atoms with Gasteiger partial charge in [0.15, 0.2) is 17.3 Å². The Hall–Kier alpha value is -3.89. The monoisotopic (exact) mass is 392 g/mol. The van der Waals surface area contributed by atoms with Gasteiger partial charge in [0, 0.05) is 23.3 Å². The van der Waals surface area contributed by atoms with Gasteiger partial charge >= 0.3 is 11.4 Å². The zero-order chi connectivity index (χ0) is 21.0. The average molecular weight is 392 g/mol. The largest absolute Gasteiger partial charge is 0.493 e. The second-order valence-electron chi connectivity index (χ2n) is 5.31. The van der Waals surface area contributed by atoms with Crippen LogP contribution in [0.25, 0.3) is 0 Å². The molecule has 0 saturated carbocycles. The van der Waals surface area contributed by atoms with Gasteiger partial charge in [-0.25, -0.2) is 0 Å². The highest BCUT2D eigenvalue weighted by atomic mass is 16.6. The maximum Gasteiger partial charge on any atom is 0.315 e. The number of nitro groups is 2. The Kier molecular flexibility index (Phi) is 5.98. The summed E-state index contributed by atoms with van der Waals surface area (Å²) in [7, 11) is 4.97. The van der Waals surface area contributed by atoms with Crippen molar-refractivity contribution in [1.82, 2.24) is 0 Å². The van der Waals surface area contributed by atoms with Crippen LogP contribution in [-0.4, -0.2) is 44.1 Å². The van der Waals surface area contributed by atoms with Crippen molar-refractivity contribution in [1.29, 1.82) is 0 Å². The van der Waals surface area contributed by atoms with Crippen molar-refractivity contribution in [3.05, 3.63) is 55.6 Å². The first kappa shape index (κ1) is 20.4. The van der Waals surface area contributed by atoms with Crippen molar-refractivity contribution in [3.8, 4) is 23.0 Å². The van der Waals surface area contributed by atoms with E-state index in [1.807, 2.05) is 0 Å². The number of nitro benzene ring substituents is 2. The van der Waals surface area contributed by atoms with E-state index in [1.54, 1.807) is 0 Å². The zero-order valence-corrected chi connectivity index (χ0v) is 15.4. The molecule has 11 nitrogen and oxygen atoms in total. The van der Waals surface area contributed by atoms with Crippen LogP contribution in [0.4, 0.5) is 11.4 Å². The smallest absolute Gasteiger partial charge is 0.315 e. The molecule has 0 unspecified atom stereocenters. The van der Waals surface area contributed by atoms with Gasteiger partial charge in [-0.05, 0) is 12.1 Å². The van der Waals surface area contributed by atoms with E-state index in [0.717, 1.165) is 12.1 Å². The van der Waals surface area contributed by atoms with Crippen molar-refractivity contribution in [2.24, 2.45) is 0 Å². The maximum atomic E-state index is 12.9. The van der Waals surface area contributed by atoms with Crippen LogP contribution >= 0.6 is 0 Å². The Balaban J connectivity index is 2.69. The van der Waals surface area contributed by atoms with E-state index >= 15 is 0 Å². The lowest BCUT2D eigenvalue weighted by Gasteiger charge is -2.12. The number of benzene rings is 2. The SMILES string of the molecule is COc1cc(C(=O)c2cc(OC)c(OC)c([N+](=O)[O-])c2)cc([N+](=O)[O-])c1OC. The molecule has 2 aromatic carbocycles. The maximum absolute atomic E-state index is 12.9. The molecule has 148 valence electrons. The lowest BCUT2D eigenvalue weighted by atomic mass is 10.0. The molecule has 11 heteroatoms. The third kappa shape index (κ3) is 3.63. The molecule has 0 heterocycles. The highest BCUT2D eigenvalue weighted by Gasteiger charge is 2.27. The minimum absolute atomic E-state index is 0.0324. The van der Waals surface area contributed by atoms with Gasteiger partial charge in [-0.1, -0.05) is 0 Å². The highest BCUT2D eigenvalue weighted by molar-refractivity contribution is 6.10. The summed E-state index contributed by atoms with van der Waals surface area (Å²) in [6.07, 6.45) is 0. The van der Waals surface area contributed by atoms with Gasteiger partial charge in [-0.3, -0.25) is 25.0 Å². The van der Waals surface area contributed by atoms with Gasteiger partial charge in [-0.15, -0.1) is 0 Å². The molecule has 0 spiro atoms. The molecule has 0 aliphatic carbocycles. The lowest BCUT2D eigenvalue weighted by molar-refractivity contribution is -0.385.